The summed E-state index contributed by atoms with van der Waals surface area (Å²) in [6.45, 7) is 0.133. The summed E-state index contributed by atoms with van der Waals surface area (Å²) >= 11 is 0. The Morgan fingerprint density at radius 3 is 2.55 bits per heavy atom. The summed E-state index contributed by atoms with van der Waals surface area (Å²) in [7, 11) is 0. The molecule has 0 amide bonds. The van der Waals surface area contributed by atoms with Crippen LogP contribution in [0.5, 0.6) is 11.5 Å². The fourth-order valence-corrected chi connectivity index (χ4v) is 0.762. The van der Waals surface area contributed by atoms with Crippen molar-refractivity contribution in [2.45, 2.75) is 6.54 Å². The van der Waals surface area contributed by atoms with Crippen LogP contribution in [0.3, 0.4) is 0 Å². The molecular formula is C7H8NO3-. The summed E-state index contributed by atoms with van der Waals surface area (Å²) < 4.78 is 0. The van der Waals surface area contributed by atoms with E-state index in [0.29, 0.717) is 5.56 Å². The van der Waals surface area contributed by atoms with Gasteiger partial charge >= 0.3 is 0 Å². The number of hydrogen-bond acceptors (Lipinski definition) is 4. The van der Waals surface area contributed by atoms with Crippen molar-refractivity contribution in [1.82, 2.24) is 5.48 Å². The molecule has 0 unspecified atom stereocenters. The van der Waals surface area contributed by atoms with E-state index < -0.39 is 0 Å². The third kappa shape index (κ3) is 1.83. The van der Waals surface area contributed by atoms with Crippen LogP contribution in [-0.4, -0.2) is 10.2 Å². The average molecular weight is 154 g/mol. The molecule has 0 spiro atoms. The molecule has 0 saturated carbocycles. The van der Waals surface area contributed by atoms with Gasteiger partial charge in [-0.2, -0.15) is 0 Å². The van der Waals surface area contributed by atoms with E-state index in [2.05, 4.69) is 0 Å². The molecule has 0 heterocycles. The molecule has 0 aromatic heterocycles. The van der Waals surface area contributed by atoms with Crippen LogP contribution >= 0.6 is 0 Å². The number of aromatic hydroxyl groups is 2. The molecule has 0 bridgehead atoms. The fourth-order valence-electron chi connectivity index (χ4n) is 0.762. The molecule has 11 heavy (non-hydrogen) atoms. The van der Waals surface area contributed by atoms with Crippen LogP contribution < -0.4 is 5.48 Å². The largest absolute Gasteiger partial charge is 0.788 e. The van der Waals surface area contributed by atoms with Gasteiger partial charge in [0.25, 0.3) is 0 Å². The lowest BCUT2D eigenvalue weighted by atomic mass is 10.2. The van der Waals surface area contributed by atoms with Gasteiger partial charge in [0.05, 0.1) is 0 Å². The van der Waals surface area contributed by atoms with Crippen molar-refractivity contribution in [1.29, 1.82) is 0 Å². The highest BCUT2D eigenvalue weighted by atomic mass is 16.5. The minimum Gasteiger partial charge on any atom is -0.788 e. The third-order valence-electron chi connectivity index (χ3n) is 1.32. The number of nitrogens with one attached hydrogen (secondary N) is 1. The molecule has 3 N–H and O–H groups in total. The first kappa shape index (κ1) is 7.84. The highest BCUT2D eigenvalue weighted by Crippen LogP contribution is 2.24. The summed E-state index contributed by atoms with van der Waals surface area (Å²) in [4.78, 5) is 0. The standard InChI is InChI=1S/C7H8NO3/c9-6-2-1-5(4-8-11)3-7(6)10/h1-3,8-10H,4H2/q-1. The zero-order chi connectivity index (χ0) is 8.27. The number of hydrogen-bond donors (Lipinski definition) is 3. The lowest BCUT2D eigenvalue weighted by Gasteiger charge is -2.07. The zero-order valence-electron chi connectivity index (χ0n) is 5.74. The maximum Gasteiger partial charge on any atom is 0.157 e. The SMILES string of the molecule is [O-]NCc1ccc(O)c(O)c1. The minimum absolute atomic E-state index is 0.133. The van der Waals surface area contributed by atoms with E-state index in [-0.39, 0.29) is 18.0 Å². The van der Waals surface area contributed by atoms with Gasteiger partial charge in [0.1, 0.15) is 0 Å². The van der Waals surface area contributed by atoms with E-state index in [4.69, 9.17) is 10.2 Å². The van der Waals surface area contributed by atoms with E-state index in [0.717, 1.165) is 0 Å². The molecule has 1 rings (SSSR count). The minimum atomic E-state index is -0.210. The molecule has 0 aliphatic carbocycles. The highest BCUT2D eigenvalue weighted by Gasteiger charge is 1.97. The normalized spacial score (nSPS) is 9.91. The van der Waals surface area contributed by atoms with Gasteiger partial charge < -0.3 is 20.9 Å². The maximum atomic E-state index is 9.90. The third-order valence-corrected chi connectivity index (χ3v) is 1.32. The van der Waals surface area contributed by atoms with Crippen molar-refractivity contribution in [2.24, 2.45) is 0 Å². The number of phenolic OH excluding ortho intramolecular Hbond substituents is 2. The molecule has 0 saturated heterocycles. The van der Waals surface area contributed by atoms with Gasteiger partial charge in [-0.15, -0.1) is 0 Å². The molecule has 4 heteroatoms. The number of phenols is 2. The van der Waals surface area contributed by atoms with Crippen molar-refractivity contribution in [3.8, 4) is 11.5 Å². The van der Waals surface area contributed by atoms with Gasteiger partial charge in [0.2, 0.25) is 0 Å². The van der Waals surface area contributed by atoms with Crippen LogP contribution in [0.2, 0.25) is 0 Å². The first-order valence-corrected chi connectivity index (χ1v) is 3.10. The number of rotatable bonds is 2. The monoisotopic (exact) mass is 154 g/mol. The topological polar surface area (TPSA) is 75.5 Å². The summed E-state index contributed by atoms with van der Waals surface area (Å²) in [6, 6.07) is 4.22. The molecule has 60 valence electrons. The molecule has 1 aromatic carbocycles. The molecule has 4 nitrogen and oxygen atoms in total. The van der Waals surface area contributed by atoms with E-state index in [1.54, 1.807) is 11.5 Å². The molecule has 0 aliphatic rings. The molecule has 0 fully saturated rings. The van der Waals surface area contributed by atoms with Gasteiger partial charge in [-0.1, -0.05) is 6.07 Å². The van der Waals surface area contributed by atoms with E-state index in [9.17, 15) is 5.21 Å². The molecule has 0 atom stereocenters. The van der Waals surface area contributed by atoms with Crippen molar-refractivity contribution < 1.29 is 10.2 Å². The lowest BCUT2D eigenvalue weighted by molar-refractivity contribution is 0.403. The van der Waals surface area contributed by atoms with Crippen molar-refractivity contribution >= 4 is 0 Å². The fraction of sp³-hybridized carbons (Fsp3) is 0.143. The van der Waals surface area contributed by atoms with Crippen LogP contribution in [0.1, 0.15) is 5.56 Å². The van der Waals surface area contributed by atoms with E-state index >= 15 is 0 Å². The second-order valence-electron chi connectivity index (χ2n) is 2.14. The maximum absolute atomic E-state index is 9.90. The smallest absolute Gasteiger partial charge is 0.157 e. The Morgan fingerprint density at radius 1 is 1.27 bits per heavy atom. The van der Waals surface area contributed by atoms with Crippen LogP contribution in [-0.2, 0) is 6.54 Å². The Hall–Kier alpha value is -1.26. The predicted octanol–water partition coefficient (Wildman–Crippen LogP) is 0.685. The molecule has 0 radical (unpaired) electrons. The van der Waals surface area contributed by atoms with Crippen LogP contribution in [0.25, 0.3) is 0 Å². The van der Waals surface area contributed by atoms with E-state index in [1.807, 2.05) is 0 Å². The summed E-state index contributed by atoms with van der Waals surface area (Å²) in [5.41, 5.74) is 2.32. The Kier molecular flexibility index (Phi) is 2.30. The van der Waals surface area contributed by atoms with Gasteiger partial charge in [0.15, 0.2) is 11.5 Å². The summed E-state index contributed by atoms with van der Waals surface area (Å²) in [5.74, 6) is -0.391. The van der Waals surface area contributed by atoms with Crippen LogP contribution in [0.4, 0.5) is 0 Å². The van der Waals surface area contributed by atoms with E-state index in [1.165, 1.54) is 12.1 Å². The van der Waals surface area contributed by atoms with Crippen molar-refractivity contribution in [3.63, 3.8) is 0 Å². The second-order valence-corrected chi connectivity index (χ2v) is 2.14. The average Bonchev–Trinajstić information content (AvgIpc) is 1.98. The summed E-state index contributed by atoms with van der Waals surface area (Å²) in [6.07, 6.45) is 0. The zero-order valence-corrected chi connectivity index (χ0v) is 5.74. The molecule has 0 aliphatic heterocycles. The first-order chi connectivity index (χ1) is 5.24. The lowest BCUT2D eigenvalue weighted by Crippen LogP contribution is -2.01. The Labute approximate surface area is 63.7 Å². The van der Waals surface area contributed by atoms with Gasteiger partial charge in [-0.25, -0.2) is 0 Å². The van der Waals surface area contributed by atoms with Gasteiger partial charge in [0, 0.05) is 6.54 Å². The first-order valence-electron chi connectivity index (χ1n) is 3.10. The predicted molar refractivity (Wildman–Crippen MR) is 40.0 cm³/mol. The quantitative estimate of drug-likeness (QED) is 0.432. The highest BCUT2D eigenvalue weighted by molar-refractivity contribution is 5.40. The molecule has 1 aromatic rings. The second kappa shape index (κ2) is 3.23. The Bertz CT molecular complexity index is 249. The van der Waals surface area contributed by atoms with Crippen molar-refractivity contribution in [2.75, 3.05) is 0 Å². The number of hydroxylamine groups is 1. The van der Waals surface area contributed by atoms with Crippen molar-refractivity contribution in [3.05, 3.63) is 29.0 Å². The van der Waals surface area contributed by atoms with Gasteiger partial charge in [-0.05, 0) is 17.7 Å². The number of benzene rings is 1. The van der Waals surface area contributed by atoms with Crippen LogP contribution in [0, 0.1) is 5.21 Å². The Balaban J connectivity index is 2.86. The summed E-state index contributed by atoms with van der Waals surface area (Å²) in [5, 5.41) is 27.7. The Morgan fingerprint density at radius 2 is 2.00 bits per heavy atom. The van der Waals surface area contributed by atoms with Gasteiger partial charge in [-0.3, -0.25) is 0 Å². The van der Waals surface area contributed by atoms with Crippen LogP contribution in [0.15, 0.2) is 18.2 Å². The molecular weight excluding hydrogens is 146 g/mol.